The minimum absolute atomic E-state index is 0.0855. The maximum atomic E-state index is 13.3. The van der Waals surface area contributed by atoms with Crippen LogP contribution in [0, 0.1) is 15.9 Å². The van der Waals surface area contributed by atoms with Crippen molar-refractivity contribution < 1.29 is 19.5 Å². The average molecular weight is 270 g/mol. The molecule has 8 nitrogen and oxygen atoms in total. The van der Waals surface area contributed by atoms with Gasteiger partial charge >= 0.3 is 5.69 Å². The lowest BCUT2D eigenvalue weighted by molar-refractivity contribution is -0.389. The standard InChI is InChI=1S/C10H11FN4O4/c11-7-3-1-2-6(9(7)15(18)19)10(17)8(16)4-5-13-14-12/h1-3,8,10,16-17H,4-5H2. The van der Waals surface area contributed by atoms with Crippen molar-refractivity contribution in [1.82, 2.24) is 0 Å². The molecular weight excluding hydrogens is 259 g/mol. The van der Waals surface area contributed by atoms with Crippen LogP contribution < -0.4 is 0 Å². The average Bonchev–Trinajstić information content (AvgIpc) is 2.37. The van der Waals surface area contributed by atoms with Gasteiger partial charge in [-0.25, -0.2) is 0 Å². The van der Waals surface area contributed by atoms with Crippen LogP contribution in [0.25, 0.3) is 10.4 Å². The van der Waals surface area contributed by atoms with Crippen LogP contribution in [-0.4, -0.2) is 27.8 Å². The van der Waals surface area contributed by atoms with E-state index in [1.165, 1.54) is 6.07 Å². The number of rotatable bonds is 6. The van der Waals surface area contributed by atoms with Crippen molar-refractivity contribution in [2.75, 3.05) is 6.54 Å². The molecule has 0 heterocycles. The van der Waals surface area contributed by atoms with Crippen LogP contribution in [0.1, 0.15) is 18.1 Å². The van der Waals surface area contributed by atoms with E-state index in [4.69, 9.17) is 5.53 Å². The first kappa shape index (κ1) is 14.8. The summed E-state index contributed by atoms with van der Waals surface area (Å²) in [5.74, 6) is -1.09. The number of azide groups is 1. The maximum Gasteiger partial charge on any atom is 0.310 e. The summed E-state index contributed by atoms with van der Waals surface area (Å²) < 4.78 is 13.3. The Hall–Kier alpha value is -2.22. The molecule has 0 spiro atoms. The summed E-state index contributed by atoms with van der Waals surface area (Å²) in [4.78, 5) is 12.2. The number of benzene rings is 1. The number of nitro groups is 1. The van der Waals surface area contributed by atoms with Crippen LogP contribution in [0.4, 0.5) is 10.1 Å². The van der Waals surface area contributed by atoms with E-state index < -0.39 is 28.6 Å². The van der Waals surface area contributed by atoms with Crippen LogP contribution in [-0.2, 0) is 0 Å². The van der Waals surface area contributed by atoms with Crippen molar-refractivity contribution in [2.24, 2.45) is 5.11 Å². The monoisotopic (exact) mass is 270 g/mol. The van der Waals surface area contributed by atoms with Gasteiger partial charge in [-0.05, 0) is 24.1 Å². The summed E-state index contributed by atoms with van der Waals surface area (Å²) >= 11 is 0. The van der Waals surface area contributed by atoms with Gasteiger partial charge < -0.3 is 10.2 Å². The Morgan fingerprint density at radius 2 is 2.21 bits per heavy atom. The normalized spacial score (nSPS) is 13.4. The van der Waals surface area contributed by atoms with Gasteiger partial charge in [-0.2, -0.15) is 4.39 Å². The molecule has 1 aromatic rings. The third kappa shape index (κ3) is 3.62. The predicted molar refractivity (Wildman–Crippen MR) is 62.7 cm³/mol. The summed E-state index contributed by atoms with van der Waals surface area (Å²) in [7, 11) is 0. The highest BCUT2D eigenvalue weighted by Gasteiger charge is 2.28. The molecule has 0 amide bonds. The molecule has 2 unspecified atom stereocenters. The third-order valence-corrected chi connectivity index (χ3v) is 2.47. The minimum Gasteiger partial charge on any atom is -0.390 e. The zero-order valence-corrected chi connectivity index (χ0v) is 9.68. The molecule has 0 saturated carbocycles. The molecule has 1 aromatic carbocycles. The lowest BCUT2D eigenvalue weighted by atomic mass is 10.0. The SMILES string of the molecule is [N-]=[N+]=NCCC(O)C(O)c1cccc(F)c1[N+](=O)[O-]. The Morgan fingerprint density at radius 3 is 2.79 bits per heavy atom. The molecule has 0 aliphatic heterocycles. The lowest BCUT2D eigenvalue weighted by Crippen LogP contribution is -2.20. The van der Waals surface area contributed by atoms with Crippen molar-refractivity contribution in [2.45, 2.75) is 18.6 Å². The number of nitrogens with zero attached hydrogens (tertiary/aromatic N) is 4. The molecular formula is C10H11FN4O4. The highest BCUT2D eigenvalue weighted by molar-refractivity contribution is 5.43. The fourth-order valence-electron chi connectivity index (χ4n) is 1.56. The first-order valence-electron chi connectivity index (χ1n) is 5.28. The molecule has 0 fully saturated rings. The topological polar surface area (TPSA) is 132 Å². The Balaban J connectivity index is 2.98. The van der Waals surface area contributed by atoms with Crippen LogP contribution in [0.5, 0.6) is 0 Å². The van der Waals surface area contributed by atoms with E-state index in [1.807, 2.05) is 0 Å². The largest absolute Gasteiger partial charge is 0.390 e. The Morgan fingerprint density at radius 1 is 1.53 bits per heavy atom. The molecule has 19 heavy (non-hydrogen) atoms. The molecule has 2 N–H and O–H groups in total. The van der Waals surface area contributed by atoms with Crippen LogP contribution in [0.3, 0.4) is 0 Å². The van der Waals surface area contributed by atoms with E-state index in [-0.39, 0.29) is 18.5 Å². The number of para-hydroxylation sites is 1. The van der Waals surface area contributed by atoms with Crippen molar-refractivity contribution in [3.8, 4) is 0 Å². The molecule has 0 aliphatic rings. The molecule has 0 aromatic heterocycles. The Bertz CT molecular complexity index is 518. The number of nitro benzene ring substituents is 1. The van der Waals surface area contributed by atoms with Gasteiger partial charge in [0.15, 0.2) is 0 Å². The van der Waals surface area contributed by atoms with Gasteiger partial charge in [0.2, 0.25) is 5.82 Å². The molecule has 0 aliphatic carbocycles. The first-order chi connectivity index (χ1) is 8.99. The minimum atomic E-state index is -1.63. The lowest BCUT2D eigenvalue weighted by Gasteiger charge is -2.17. The molecule has 102 valence electrons. The Labute approximate surface area is 106 Å². The Kier molecular flexibility index (Phi) is 5.19. The molecule has 0 radical (unpaired) electrons. The van der Waals surface area contributed by atoms with E-state index in [0.29, 0.717) is 0 Å². The zero-order valence-electron chi connectivity index (χ0n) is 9.68. The van der Waals surface area contributed by atoms with Gasteiger partial charge in [-0.15, -0.1) is 0 Å². The molecule has 1 rings (SSSR count). The summed E-state index contributed by atoms with van der Waals surface area (Å²) in [5.41, 5.74) is 6.87. The number of aliphatic hydroxyl groups is 2. The summed E-state index contributed by atoms with van der Waals surface area (Å²) in [6, 6.07) is 3.24. The van der Waals surface area contributed by atoms with Crippen molar-refractivity contribution in [3.63, 3.8) is 0 Å². The van der Waals surface area contributed by atoms with Crippen molar-refractivity contribution >= 4 is 5.69 Å². The van der Waals surface area contributed by atoms with Crippen LogP contribution >= 0.6 is 0 Å². The van der Waals surface area contributed by atoms with Crippen LogP contribution in [0.2, 0.25) is 0 Å². The summed E-state index contributed by atoms with van der Waals surface area (Å²) in [6.07, 6.45) is -3.13. The van der Waals surface area contributed by atoms with E-state index >= 15 is 0 Å². The summed E-state index contributed by atoms with van der Waals surface area (Å²) in [5, 5.41) is 33.3. The van der Waals surface area contributed by atoms with Gasteiger partial charge in [0.25, 0.3) is 0 Å². The first-order valence-corrected chi connectivity index (χ1v) is 5.28. The predicted octanol–water partition coefficient (Wildman–Crippen LogP) is 1.83. The highest BCUT2D eigenvalue weighted by atomic mass is 19.1. The number of hydrogen-bond acceptors (Lipinski definition) is 5. The molecule has 0 saturated heterocycles. The second-order valence-electron chi connectivity index (χ2n) is 3.69. The molecule has 2 atom stereocenters. The van der Waals surface area contributed by atoms with E-state index in [1.54, 1.807) is 0 Å². The van der Waals surface area contributed by atoms with Gasteiger partial charge in [-0.1, -0.05) is 11.2 Å². The van der Waals surface area contributed by atoms with Gasteiger partial charge in [-0.3, -0.25) is 10.1 Å². The fourth-order valence-corrected chi connectivity index (χ4v) is 1.56. The summed E-state index contributed by atoms with van der Waals surface area (Å²) in [6.45, 7) is -0.0855. The van der Waals surface area contributed by atoms with Gasteiger partial charge in [0.05, 0.1) is 16.6 Å². The number of hydrogen-bond donors (Lipinski definition) is 2. The van der Waals surface area contributed by atoms with Gasteiger partial charge in [0.1, 0.15) is 6.10 Å². The van der Waals surface area contributed by atoms with E-state index in [9.17, 15) is 24.7 Å². The fraction of sp³-hybridized carbons (Fsp3) is 0.400. The van der Waals surface area contributed by atoms with Crippen molar-refractivity contribution in [1.29, 1.82) is 0 Å². The second-order valence-corrected chi connectivity index (χ2v) is 3.69. The zero-order chi connectivity index (χ0) is 14.4. The number of aliphatic hydroxyl groups excluding tert-OH is 2. The number of halogens is 1. The van der Waals surface area contributed by atoms with Crippen LogP contribution in [0.15, 0.2) is 23.3 Å². The smallest absolute Gasteiger partial charge is 0.310 e. The van der Waals surface area contributed by atoms with E-state index in [2.05, 4.69) is 10.0 Å². The second kappa shape index (κ2) is 6.64. The molecule has 0 bridgehead atoms. The molecule has 9 heteroatoms. The van der Waals surface area contributed by atoms with E-state index in [0.717, 1.165) is 12.1 Å². The van der Waals surface area contributed by atoms with Crippen molar-refractivity contribution in [3.05, 3.63) is 50.1 Å². The highest BCUT2D eigenvalue weighted by Crippen LogP contribution is 2.30. The maximum absolute atomic E-state index is 13.3. The van der Waals surface area contributed by atoms with Gasteiger partial charge in [0, 0.05) is 11.5 Å². The third-order valence-electron chi connectivity index (χ3n) is 2.47. The quantitative estimate of drug-likeness (QED) is 0.268.